The molecule has 2 aromatic carbocycles. The molecule has 0 aliphatic heterocycles. The van der Waals surface area contributed by atoms with E-state index in [0.29, 0.717) is 11.1 Å². The number of hydrogen-bond acceptors (Lipinski definition) is 6. The van der Waals surface area contributed by atoms with Gasteiger partial charge in [-0.3, -0.25) is 9.98 Å². The Balaban J connectivity index is 0.00000645. The van der Waals surface area contributed by atoms with Crippen molar-refractivity contribution in [2.45, 2.75) is 142 Å². The third-order valence-electron chi connectivity index (χ3n) is 8.29. The van der Waals surface area contributed by atoms with Crippen LogP contribution in [0.3, 0.4) is 0 Å². The number of rotatable bonds is 4. The molecule has 0 saturated heterocycles. The second-order valence-corrected chi connectivity index (χ2v) is 16.2. The van der Waals surface area contributed by atoms with Crippen molar-refractivity contribution in [3.05, 3.63) is 57.6 Å². The molecule has 0 heterocycles. The normalized spacial score (nSPS) is 22.3. The third-order valence-corrected chi connectivity index (χ3v) is 8.29. The molecule has 241 valence electrons. The van der Waals surface area contributed by atoms with Gasteiger partial charge in [-0.25, -0.2) is 0 Å². The first kappa shape index (κ1) is 37.0. The molecular formula is C36H54CoN2O4. The number of aliphatic hydroxyl groups excluding tert-OH is 2. The number of aliphatic imine (C=N–C) groups is 2. The standard InChI is InChI=1S/C36H54N2O4.Co/c1-33(2,3)23-13-21(31(41)25(15-23)35(7,8)9)19-37-27-17-29(39)30(40)18-28(27)38-20-22-14-24(34(4,5)6)16-26(32(22)42)36(10,11)12;/h13-16,19-20,27-30,39-42H,17-18H2,1-12H3;/t27-,28+,29-,30+;. The Morgan fingerprint density at radius 3 is 1.12 bits per heavy atom. The van der Waals surface area contributed by atoms with E-state index in [1.165, 1.54) is 0 Å². The minimum Gasteiger partial charge on any atom is -0.507 e. The summed E-state index contributed by atoms with van der Waals surface area (Å²) in [5, 5.41) is 43.5. The van der Waals surface area contributed by atoms with Crippen molar-refractivity contribution in [2.75, 3.05) is 0 Å². The predicted octanol–water partition coefficient (Wildman–Crippen LogP) is 7.08. The maximum atomic E-state index is 11.2. The summed E-state index contributed by atoms with van der Waals surface area (Å²) < 4.78 is 0. The second kappa shape index (κ2) is 13.0. The van der Waals surface area contributed by atoms with Gasteiger partial charge in [0.2, 0.25) is 0 Å². The quantitative estimate of drug-likeness (QED) is 0.269. The van der Waals surface area contributed by atoms with E-state index in [1.54, 1.807) is 12.4 Å². The molecule has 0 unspecified atom stereocenters. The molecule has 43 heavy (non-hydrogen) atoms. The van der Waals surface area contributed by atoms with E-state index >= 15 is 0 Å². The molecule has 3 rings (SSSR count). The summed E-state index contributed by atoms with van der Waals surface area (Å²) in [6.07, 6.45) is 2.03. The number of aliphatic hydroxyl groups is 2. The van der Waals surface area contributed by atoms with Crippen molar-refractivity contribution < 1.29 is 37.2 Å². The van der Waals surface area contributed by atoms with E-state index in [0.717, 1.165) is 22.3 Å². The van der Waals surface area contributed by atoms with Crippen LogP contribution in [0.2, 0.25) is 0 Å². The van der Waals surface area contributed by atoms with Crippen LogP contribution in [0, 0.1) is 0 Å². The fourth-order valence-electron chi connectivity index (χ4n) is 5.32. The molecule has 0 bridgehead atoms. The summed E-state index contributed by atoms with van der Waals surface area (Å²) in [5.41, 5.74) is 4.40. The van der Waals surface area contributed by atoms with Crippen LogP contribution in [-0.2, 0) is 38.4 Å². The zero-order chi connectivity index (χ0) is 32.0. The van der Waals surface area contributed by atoms with Gasteiger partial charge in [0.1, 0.15) is 11.5 Å². The van der Waals surface area contributed by atoms with Gasteiger partial charge in [-0.15, -0.1) is 0 Å². The zero-order valence-electron chi connectivity index (χ0n) is 28.2. The van der Waals surface area contributed by atoms with Crippen LogP contribution in [0.15, 0.2) is 34.3 Å². The Morgan fingerprint density at radius 1 is 0.558 bits per heavy atom. The Kier molecular flexibility index (Phi) is 11.2. The number of benzene rings is 2. The molecule has 2 aromatic rings. The summed E-state index contributed by atoms with van der Waals surface area (Å²) in [7, 11) is 0. The molecule has 4 N–H and O–H groups in total. The van der Waals surface area contributed by atoms with Crippen LogP contribution in [-0.4, -0.2) is 57.1 Å². The second-order valence-electron chi connectivity index (χ2n) is 16.2. The topological polar surface area (TPSA) is 106 Å². The molecular weight excluding hydrogens is 583 g/mol. The van der Waals surface area contributed by atoms with Crippen LogP contribution >= 0.6 is 0 Å². The molecule has 0 amide bonds. The zero-order valence-corrected chi connectivity index (χ0v) is 29.2. The minimum absolute atomic E-state index is 0. The summed E-state index contributed by atoms with van der Waals surface area (Å²) in [6, 6.07) is 7.28. The van der Waals surface area contributed by atoms with Gasteiger partial charge in [-0.2, -0.15) is 0 Å². The van der Waals surface area contributed by atoms with E-state index in [4.69, 9.17) is 9.98 Å². The Morgan fingerprint density at radius 2 is 0.860 bits per heavy atom. The predicted molar refractivity (Wildman–Crippen MR) is 175 cm³/mol. The van der Waals surface area contributed by atoms with E-state index in [1.807, 2.05) is 12.1 Å². The fraction of sp³-hybridized carbons (Fsp3) is 0.611. The molecule has 0 spiro atoms. The van der Waals surface area contributed by atoms with Gasteiger partial charge in [-0.1, -0.05) is 95.2 Å². The average molecular weight is 638 g/mol. The van der Waals surface area contributed by atoms with Gasteiger partial charge in [-0.05, 0) is 44.9 Å². The number of phenols is 2. The van der Waals surface area contributed by atoms with Gasteiger partial charge in [0.15, 0.2) is 0 Å². The largest absolute Gasteiger partial charge is 0.507 e. The van der Waals surface area contributed by atoms with E-state index in [2.05, 4.69) is 95.2 Å². The van der Waals surface area contributed by atoms with Gasteiger partial charge < -0.3 is 20.4 Å². The Hall–Kier alpha value is -2.19. The number of nitrogens with zero attached hydrogens (tertiary/aromatic N) is 2. The molecule has 7 heteroatoms. The Labute approximate surface area is 270 Å². The third kappa shape index (κ3) is 8.93. The molecule has 6 nitrogen and oxygen atoms in total. The first-order valence-electron chi connectivity index (χ1n) is 15.2. The molecule has 1 saturated carbocycles. The van der Waals surface area contributed by atoms with Crippen molar-refractivity contribution in [1.29, 1.82) is 0 Å². The van der Waals surface area contributed by atoms with Crippen molar-refractivity contribution >= 4 is 12.4 Å². The number of aromatic hydroxyl groups is 2. The Bertz CT molecular complexity index is 1230. The van der Waals surface area contributed by atoms with Crippen molar-refractivity contribution in [3.63, 3.8) is 0 Å². The molecule has 1 aliphatic rings. The van der Waals surface area contributed by atoms with Crippen LogP contribution in [0.1, 0.15) is 129 Å². The maximum Gasteiger partial charge on any atom is 0.128 e. The van der Waals surface area contributed by atoms with Gasteiger partial charge in [0, 0.05) is 64.3 Å². The minimum atomic E-state index is -0.914. The average Bonchev–Trinajstić information content (AvgIpc) is 2.82. The van der Waals surface area contributed by atoms with Crippen LogP contribution in [0.5, 0.6) is 11.5 Å². The van der Waals surface area contributed by atoms with Gasteiger partial charge >= 0.3 is 0 Å². The monoisotopic (exact) mass is 637 g/mol. The van der Waals surface area contributed by atoms with Crippen molar-refractivity contribution in [2.24, 2.45) is 9.98 Å². The molecule has 1 radical (unpaired) electrons. The van der Waals surface area contributed by atoms with E-state index in [-0.39, 0.29) is 62.8 Å². The van der Waals surface area contributed by atoms with Gasteiger partial charge in [0.05, 0.1) is 24.3 Å². The van der Waals surface area contributed by atoms with Crippen LogP contribution in [0.25, 0.3) is 0 Å². The SMILES string of the molecule is CC(C)(C)c1cc(C=N[C@H]2C[C@H](O)[C@H](O)C[C@H]2N=Cc2cc(C(C)(C)C)cc(C(C)(C)C)c2O)c(O)c(C(C)(C)C)c1.[Co]. The summed E-state index contributed by atoms with van der Waals surface area (Å²) >= 11 is 0. The van der Waals surface area contributed by atoms with Crippen LogP contribution in [0.4, 0.5) is 0 Å². The molecule has 1 fully saturated rings. The molecule has 0 aromatic heterocycles. The number of hydrogen-bond donors (Lipinski definition) is 4. The summed E-state index contributed by atoms with van der Waals surface area (Å²) in [4.78, 5) is 9.69. The van der Waals surface area contributed by atoms with Crippen molar-refractivity contribution in [3.8, 4) is 11.5 Å². The first-order valence-corrected chi connectivity index (χ1v) is 15.2. The maximum absolute atomic E-state index is 11.2. The summed E-state index contributed by atoms with van der Waals surface area (Å²) in [6.45, 7) is 25.3. The van der Waals surface area contributed by atoms with Crippen molar-refractivity contribution in [1.82, 2.24) is 0 Å². The summed E-state index contributed by atoms with van der Waals surface area (Å²) in [5.74, 6) is 0.406. The molecule has 4 atom stereocenters. The smallest absolute Gasteiger partial charge is 0.128 e. The number of phenolic OH excluding ortho intramolecular Hbond substituents is 2. The fourth-order valence-corrected chi connectivity index (χ4v) is 5.32. The molecule has 1 aliphatic carbocycles. The van der Waals surface area contributed by atoms with E-state index in [9.17, 15) is 20.4 Å². The van der Waals surface area contributed by atoms with E-state index < -0.39 is 24.3 Å². The first-order chi connectivity index (χ1) is 19.0. The van der Waals surface area contributed by atoms with Gasteiger partial charge in [0.25, 0.3) is 0 Å². The van der Waals surface area contributed by atoms with Crippen LogP contribution < -0.4 is 0 Å².